The Kier molecular flexibility index (Phi) is 2.53. The summed E-state index contributed by atoms with van der Waals surface area (Å²) in [6, 6.07) is 13.7. The Morgan fingerprint density at radius 2 is 1.67 bits per heavy atom. The van der Waals surface area contributed by atoms with Crippen molar-refractivity contribution in [3.05, 3.63) is 61.1 Å². The van der Waals surface area contributed by atoms with Crippen LogP contribution in [0.15, 0.2) is 61.1 Å². The molecule has 0 unspecified atom stereocenters. The first-order chi connectivity index (χ1) is 8.84. The molecule has 2 aromatic heterocycles. The van der Waals surface area contributed by atoms with Crippen LogP contribution in [0.1, 0.15) is 0 Å². The molecule has 2 heterocycles. The molecule has 0 saturated heterocycles. The van der Waals surface area contributed by atoms with Crippen LogP contribution in [-0.2, 0) is 0 Å². The zero-order chi connectivity index (χ0) is 12.4. The minimum absolute atomic E-state index is 0.665. The first-order valence-corrected chi connectivity index (χ1v) is 5.65. The molecule has 0 fully saturated rings. The van der Waals surface area contributed by atoms with Gasteiger partial charge in [0.25, 0.3) is 0 Å². The third-order valence-corrected chi connectivity index (χ3v) is 2.72. The topological polar surface area (TPSA) is 56.7 Å². The lowest BCUT2D eigenvalue weighted by Gasteiger charge is -1.99. The molecule has 3 rings (SSSR count). The minimum Gasteiger partial charge on any atom is -0.396 e. The van der Waals surface area contributed by atoms with Crippen molar-refractivity contribution >= 4 is 5.69 Å². The molecule has 0 amide bonds. The van der Waals surface area contributed by atoms with Crippen LogP contribution in [0.25, 0.3) is 16.9 Å². The van der Waals surface area contributed by atoms with Crippen molar-refractivity contribution in [1.29, 1.82) is 0 Å². The van der Waals surface area contributed by atoms with E-state index in [1.807, 2.05) is 48.7 Å². The highest BCUT2D eigenvalue weighted by Gasteiger charge is 2.08. The van der Waals surface area contributed by atoms with E-state index >= 15 is 0 Å². The van der Waals surface area contributed by atoms with E-state index in [-0.39, 0.29) is 0 Å². The number of aromatic nitrogens is 3. The van der Waals surface area contributed by atoms with Crippen LogP contribution in [0.2, 0.25) is 0 Å². The highest BCUT2D eigenvalue weighted by atomic mass is 15.3. The van der Waals surface area contributed by atoms with E-state index in [1.54, 1.807) is 17.1 Å². The van der Waals surface area contributed by atoms with E-state index in [1.165, 1.54) is 0 Å². The number of hydrogen-bond donors (Lipinski definition) is 1. The Morgan fingerprint density at radius 3 is 2.39 bits per heavy atom. The van der Waals surface area contributed by atoms with Gasteiger partial charge in [0.05, 0.1) is 17.6 Å². The summed E-state index contributed by atoms with van der Waals surface area (Å²) in [4.78, 5) is 3.99. The molecule has 1 aromatic carbocycles. The second-order valence-electron chi connectivity index (χ2n) is 3.95. The van der Waals surface area contributed by atoms with Gasteiger partial charge in [0.15, 0.2) is 0 Å². The van der Waals surface area contributed by atoms with Crippen molar-refractivity contribution in [2.75, 3.05) is 5.73 Å². The maximum atomic E-state index is 6.01. The summed E-state index contributed by atoms with van der Waals surface area (Å²) >= 11 is 0. The first-order valence-electron chi connectivity index (χ1n) is 5.65. The van der Waals surface area contributed by atoms with Crippen molar-refractivity contribution in [1.82, 2.24) is 14.8 Å². The van der Waals surface area contributed by atoms with Crippen LogP contribution in [0.4, 0.5) is 5.69 Å². The van der Waals surface area contributed by atoms with E-state index in [0.717, 1.165) is 16.9 Å². The lowest BCUT2D eigenvalue weighted by molar-refractivity contribution is 0.881. The van der Waals surface area contributed by atoms with Gasteiger partial charge in [-0.1, -0.05) is 30.3 Å². The molecule has 4 nitrogen and oxygen atoms in total. The molecule has 0 radical (unpaired) electrons. The van der Waals surface area contributed by atoms with Gasteiger partial charge in [-0.2, -0.15) is 5.10 Å². The van der Waals surface area contributed by atoms with Gasteiger partial charge in [-0.3, -0.25) is 4.98 Å². The molecule has 4 heteroatoms. The summed E-state index contributed by atoms with van der Waals surface area (Å²) in [5, 5.41) is 4.51. The molecular formula is C14H12N4. The first kappa shape index (κ1) is 10.5. The van der Waals surface area contributed by atoms with Gasteiger partial charge in [-0.05, 0) is 12.1 Å². The van der Waals surface area contributed by atoms with Crippen LogP contribution >= 0.6 is 0 Å². The fourth-order valence-electron chi connectivity index (χ4n) is 1.84. The predicted molar refractivity (Wildman–Crippen MR) is 71.2 cm³/mol. The number of anilines is 1. The largest absolute Gasteiger partial charge is 0.396 e. The summed E-state index contributed by atoms with van der Waals surface area (Å²) in [5.74, 6) is 0. The van der Waals surface area contributed by atoms with Crippen LogP contribution in [0.3, 0.4) is 0 Å². The van der Waals surface area contributed by atoms with Crippen molar-refractivity contribution in [3.63, 3.8) is 0 Å². The summed E-state index contributed by atoms with van der Waals surface area (Å²) in [6.45, 7) is 0. The van der Waals surface area contributed by atoms with Crippen LogP contribution < -0.4 is 5.73 Å². The number of pyridine rings is 1. The van der Waals surface area contributed by atoms with E-state index in [2.05, 4.69) is 10.1 Å². The highest BCUT2D eigenvalue weighted by molar-refractivity contribution is 5.72. The Morgan fingerprint density at radius 1 is 0.944 bits per heavy atom. The van der Waals surface area contributed by atoms with E-state index in [9.17, 15) is 0 Å². The Bertz CT molecular complexity index is 644. The molecular weight excluding hydrogens is 224 g/mol. The highest BCUT2D eigenvalue weighted by Crippen LogP contribution is 2.24. The van der Waals surface area contributed by atoms with Crippen molar-refractivity contribution in [2.24, 2.45) is 0 Å². The zero-order valence-electron chi connectivity index (χ0n) is 9.69. The number of rotatable bonds is 2. The standard InChI is InChI=1S/C14H12N4/c15-13-10-18(12-6-8-16-9-7-12)17-14(13)11-4-2-1-3-5-11/h1-10H,15H2. The van der Waals surface area contributed by atoms with Gasteiger partial charge in [0.1, 0.15) is 5.69 Å². The molecule has 18 heavy (non-hydrogen) atoms. The molecule has 0 aliphatic carbocycles. The predicted octanol–water partition coefficient (Wildman–Crippen LogP) is 2.52. The van der Waals surface area contributed by atoms with Crippen molar-refractivity contribution in [3.8, 4) is 16.9 Å². The van der Waals surface area contributed by atoms with Gasteiger partial charge >= 0.3 is 0 Å². The van der Waals surface area contributed by atoms with E-state index in [4.69, 9.17) is 5.73 Å². The lowest BCUT2D eigenvalue weighted by atomic mass is 10.1. The number of hydrogen-bond acceptors (Lipinski definition) is 3. The molecule has 0 aliphatic rings. The van der Waals surface area contributed by atoms with Gasteiger partial charge in [0.2, 0.25) is 0 Å². The molecule has 88 valence electrons. The number of benzene rings is 1. The van der Waals surface area contributed by atoms with Gasteiger partial charge in [0, 0.05) is 18.0 Å². The van der Waals surface area contributed by atoms with Crippen LogP contribution in [0, 0.1) is 0 Å². The third kappa shape index (κ3) is 1.84. The maximum absolute atomic E-state index is 6.01. The molecule has 0 spiro atoms. The lowest BCUT2D eigenvalue weighted by Crippen LogP contribution is -1.94. The zero-order valence-corrected chi connectivity index (χ0v) is 9.69. The second kappa shape index (κ2) is 4.33. The molecule has 2 N–H and O–H groups in total. The number of nitrogens with zero attached hydrogens (tertiary/aromatic N) is 3. The van der Waals surface area contributed by atoms with Gasteiger partial charge < -0.3 is 5.73 Å². The van der Waals surface area contributed by atoms with Gasteiger partial charge in [-0.25, -0.2) is 4.68 Å². The van der Waals surface area contributed by atoms with Gasteiger partial charge in [-0.15, -0.1) is 0 Å². The summed E-state index contributed by atoms with van der Waals surface area (Å²) < 4.78 is 1.76. The van der Waals surface area contributed by atoms with Crippen molar-refractivity contribution in [2.45, 2.75) is 0 Å². The minimum atomic E-state index is 0.665. The van der Waals surface area contributed by atoms with Crippen LogP contribution in [-0.4, -0.2) is 14.8 Å². The average molecular weight is 236 g/mol. The molecule has 3 aromatic rings. The van der Waals surface area contributed by atoms with E-state index in [0.29, 0.717) is 5.69 Å². The summed E-state index contributed by atoms with van der Waals surface area (Å²) in [7, 11) is 0. The maximum Gasteiger partial charge on any atom is 0.116 e. The Hall–Kier alpha value is -2.62. The monoisotopic (exact) mass is 236 g/mol. The van der Waals surface area contributed by atoms with E-state index < -0.39 is 0 Å². The molecule has 0 atom stereocenters. The Labute approximate surface area is 105 Å². The fourth-order valence-corrected chi connectivity index (χ4v) is 1.84. The normalized spacial score (nSPS) is 10.4. The number of nitrogens with two attached hydrogens (primary N) is 1. The molecule has 0 aliphatic heterocycles. The van der Waals surface area contributed by atoms with Crippen LogP contribution in [0.5, 0.6) is 0 Å². The fraction of sp³-hybridized carbons (Fsp3) is 0. The SMILES string of the molecule is Nc1cn(-c2ccncc2)nc1-c1ccccc1. The van der Waals surface area contributed by atoms with Crippen molar-refractivity contribution < 1.29 is 0 Å². The Balaban J connectivity index is 2.07. The smallest absolute Gasteiger partial charge is 0.116 e. The molecule has 0 saturated carbocycles. The number of nitrogen functional groups attached to an aromatic ring is 1. The molecule has 0 bridgehead atoms. The average Bonchev–Trinajstić information content (AvgIpc) is 2.83. The summed E-state index contributed by atoms with van der Waals surface area (Å²) in [6.07, 6.45) is 5.28. The summed E-state index contributed by atoms with van der Waals surface area (Å²) in [5.41, 5.74) is 9.44. The second-order valence-corrected chi connectivity index (χ2v) is 3.95. The quantitative estimate of drug-likeness (QED) is 0.743. The third-order valence-electron chi connectivity index (χ3n) is 2.72.